The molecule has 0 fully saturated rings. The lowest BCUT2D eigenvalue weighted by Crippen LogP contribution is -2.25. The quantitative estimate of drug-likeness (QED) is 0.446. The van der Waals surface area contributed by atoms with Gasteiger partial charge in [-0.15, -0.1) is 0 Å². The molecule has 0 spiro atoms. The molecule has 0 unspecified atom stereocenters. The summed E-state index contributed by atoms with van der Waals surface area (Å²) in [4.78, 5) is 12.7. The molecule has 1 aromatic heterocycles. The number of amides is 1. The Hall–Kier alpha value is -3.13. The number of para-hydroxylation sites is 1. The normalized spacial score (nSPS) is 15.9. The maximum atomic E-state index is 13.5. The van der Waals surface area contributed by atoms with Crippen LogP contribution in [0.3, 0.4) is 0 Å². The number of anilines is 1. The molecular weight excluding hydrogens is 449 g/mol. The summed E-state index contributed by atoms with van der Waals surface area (Å²) >= 11 is 3.34. The number of hydrazone groups is 1. The molecule has 0 radical (unpaired) electrons. The fourth-order valence-electron chi connectivity index (χ4n) is 2.84. The molecule has 0 bridgehead atoms. The molecule has 1 aliphatic rings. The third-order valence-electron chi connectivity index (χ3n) is 4.19. The molecule has 4 rings (SSSR count). The smallest absolute Gasteiger partial charge is 0.435 e. The molecular formula is C21H12BrF3N2O2. The first-order chi connectivity index (χ1) is 13.8. The Morgan fingerprint density at radius 1 is 0.966 bits per heavy atom. The zero-order valence-corrected chi connectivity index (χ0v) is 16.2. The van der Waals surface area contributed by atoms with E-state index in [4.69, 9.17) is 4.42 Å². The molecule has 0 N–H and O–H groups in total. The molecule has 0 saturated carbocycles. The second-order valence-electron chi connectivity index (χ2n) is 6.17. The van der Waals surface area contributed by atoms with Gasteiger partial charge in [-0.2, -0.15) is 23.3 Å². The molecule has 0 atom stereocenters. The van der Waals surface area contributed by atoms with Crippen LogP contribution in [-0.2, 0) is 4.79 Å². The largest absolute Gasteiger partial charge is 0.457 e. The standard InChI is InChI=1S/C21H12BrF3N2O2/c22-14-8-6-13(7-9-14)18-11-10-16(29-18)12-17-19(21(23,24)25)26-27(20(17)28)15-4-2-1-3-5-15/h1-12H/b17-12-. The summed E-state index contributed by atoms with van der Waals surface area (Å²) in [6, 6.07) is 18.3. The molecule has 0 aliphatic carbocycles. The van der Waals surface area contributed by atoms with E-state index in [0.717, 1.165) is 21.1 Å². The maximum Gasteiger partial charge on any atom is 0.435 e. The first kappa shape index (κ1) is 19.2. The molecule has 3 aromatic rings. The van der Waals surface area contributed by atoms with Crippen molar-refractivity contribution in [1.82, 2.24) is 0 Å². The molecule has 4 nitrogen and oxygen atoms in total. The fourth-order valence-corrected chi connectivity index (χ4v) is 3.10. The highest BCUT2D eigenvalue weighted by atomic mass is 79.9. The molecule has 0 saturated heterocycles. The van der Waals surface area contributed by atoms with Gasteiger partial charge in [0.25, 0.3) is 5.91 Å². The minimum Gasteiger partial charge on any atom is -0.457 e. The summed E-state index contributed by atoms with van der Waals surface area (Å²) in [7, 11) is 0. The number of carbonyl (C=O) groups is 1. The predicted molar refractivity (Wildman–Crippen MR) is 107 cm³/mol. The topological polar surface area (TPSA) is 45.8 Å². The van der Waals surface area contributed by atoms with E-state index in [9.17, 15) is 18.0 Å². The molecule has 2 heterocycles. The van der Waals surface area contributed by atoms with Gasteiger partial charge in [-0.1, -0.05) is 46.3 Å². The van der Waals surface area contributed by atoms with Crippen LogP contribution < -0.4 is 5.01 Å². The fraction of sp³-hybridized carbons (Fsp3) is 0.0476. The lowest BCUT2D eigenvalue weighted by Gasteiger charge is -2.10. The van der Waals surface area contributed by atoms with Crippen molar-refractivity contribution in [3.8, 4) is 11.3 Å². The van der Waals surface area contributed by atoms with Crippen molar-refractivity contribution in [2.24, 2.45) is 5.10 Å². The highest BCUT2D eigenvalue weighted by Gasteiger charge is 2.47. The van der Waals surface area contributed by atoms with Gasteiger partial charge in [0.05, 0.1) is 11.3 Å². The van der Waals surface area contributed by atoms with Gasteiger partial charge < -0.3 is 4.42 Å². The van der Waals surface area contributed by atoms with E-state index in [1.165, 1.54) is 18.2 Å². The van der Waals surface area contributed by atoms with Gasteiger partial charge in [0, 0.05) is 10.0 Å². The summed E-state index contributed by atoms with van der Waals surface area (Å²) in [5.41, 5.74) is -0.824. The van der Waals surface area contributed by atoms with E-state index in [1.54, 1.807) is 36.4 Å². The number of nitrogens with zero attached hydrogens (tertiary/aromatic N) is 2. The number of halogens is 4. The van der Waals surface area contributed by atoms with Gasteiger partial charge in [-0.05, 0) is 42.5 Å². The monoisotopic (exact) mass is 460 g/mol. The van der Waals surface area contributed by atoms with Crippen molar-refractivity contribution in [2.75, 3.05) is 5.01 Å². The van der Waals surface area contributed by atoms with Crippen molar-refractivity contribution in [3.05, 3.63) is 82.5 Å². The zero-order valence-electron chi connectivity index (χ0n) is 14.7. The van der Waals surface area contributed by atoms with Crippen LogP contribution in [0.1, 0.15) is 5.76 Å². The van der Waals surface area contributed by atoms with Crippen molar-refractivity contribution in [3.63, 3.8) is 0 Å². The average Bonchev–Trinajstić information content (AvgIpc) is 3.28. The highest BCUT2D eigenvalue weighted by molar-refractivity contribution is 9.10. The minimum absolute atomic E-state index is 0.123. The molecule has 146 valence electrons. The maximum absolute atomic E-state index is 13.5. The van der Waals surface area contributed by atoms with Gasteiger partial charge in [0.1, 0.15) is 11.5 Å². The van der Waals surface area contributed by atoms with E-state index in [-0.39, 0.29) is 11.4 Å². The number of benzene rings is 2. The van der Waals surface area contributed by atoms with Crippen molar-refractivity contribution in [1.29, 1.82) is 0 Å². The van der Waals surface area contributed by atoms with E-state index < -0.39 is 23.4 Å². The van der Waals surface area contributed by atoms with E-state index in [1.807, 2.05) is 12.1 Å². The van der Waals surface area contributed by atoms with E-state index >= 15 is 0 Å². The van der Waals surface area contributed by atoms with Crippen molar-refractivity contribution < 1.29 is 22.4 Å². The number of furan rings is 1. The lowest BCUT2D eigenvalue weighted by atomic mass is 10.1. The number of rotatable bonds is 3. The summed E-state index contributed by atoms with van der Waals surface area (Å²) < 4.78 is 47.0. The van der Waals surface area contributed by atoms with Gasteiger partial charge >= 0.3 is 6.18 Å². The summed E-state index contributed by atoms with van der Waals surface area (Å²) in [5, 5.41) is 4.27. The van der Waals surface area contributed by atoms with E-state index in [0.29, 0.717) is 5.76 Å². The summed E-state index contributed by atoms with van der Waals surface area (Å²) in [6.07, 6.45) is -3.72. The van der Waals surface area contributed by atoms with Crippen molar-refractivity contribution in [2.45, 2.75) is 6.18 Å². The lowest BCUT2D eigenvalue weighted by molar-refractivity contribution is -0.114. The molecule has 1 amide bonds. The van der Waals surface area contributed by atoms with Crippen LogP contribution >= 0.6 is 15.9 Å². The van der Waals surface area contributed by atoms with Crippen LogP contribution in [0.4, 0.5) is 18.9 Å². The second-order valence-corrected chi connectivity index (χ2v) is 7.08. The first-order valence-electron chi connectivity index (χ1n) is 8.46. The number of hydrogen-bond acceptors (Lipinski definition) is 3. The van der Waals surface area contributed by atoms with Crippen LogP contribution in [0.5, 0.6) is 0 Å². The van der Waals surface area contributed by atoms with Gasteiger partial charge in [0.15, 0.2) is 5.71 Å². The van der Waals surface area contributed by atoms with Crippen LogP contribution in [0.25, 0.3) is 17.4 Å². The first-order valence-corrected chi connectivity index (χ1v) is 9.25. The van der Waals surface area contributed by atoms with Gasteiger partial charge in [-0.25, -0.2) is 0 Å². The van der Waals surface area contributed by atoms with Crippen LogP contribution in [0.15, 0.2) is 86.3 Å². The van der Waals surface area contributed by atoms with Gasteiger partial charge in [0.2, 0.25) is 0 Å². The average molecular weight is 461 g/mol. The second kappa shape index (κ2) is 7.36. The van der Waals surface area contributed by atoms with Crippen molar-refractivity contribution >= 4 is 39.3 Å². The Morgan fingerprint density at radius 2 is 1.66 bits per heavy atom. The molecule has 8 heteroatoms. The van der Waals surface area contributed by atoms with Gasteiger partial charge in [-0.3, -0.25) is 4.79 Å². The molecule has 2 aromatic carbocycles. The van der Waals surface area contributed by atoms with E-state index in [2.05, 4.69) is 21.0 Å². The Kier molecular flexibility index (Phi) is 4.87. The minimum atomic E-state index is -4.79. The number of hydrogen-bond donors (Lipinski definition) is 0. The zero-order chi connectivity index (χ0) is 20.6. The Morgan fingerprint density at radius 3 is 2.31 bits per heavy atom. The number of alkyl halides is 3. The Labute approximate surface area is 172 Å². The van der Waals surface area contributed by atoms with Crippen LogP contribution in [0.2, 0.25) is 0 Å². The summed E-state index contributed by atoms with van der Waals surface area (Å²) in [5.74, 6) is -0.275. The molecule has 1 aliphatic heterocycles. The van der Waals surface area contributed by atoms with Crippen LogP contribution in [0, 0.1) is 0 Å². The third-order valence-corrected chi connectivity index (χ3v) is 4.72. The Bertz CT molecular complexity index is 1120. The Balaban J connectivity index is 1.71. The number of carbonyl (C=O) groups excluding carboxylic acids is 1. The predicted octanol–water partition coefficient (Wildman–Crippen LogP) is 6.06. The highest BCUT2D eigenvalue weighted by Crippen LogP contribution is 2.33. The third kappa shape index (κ3) is 3.88. The SMILES string of the molecule is O=C1/C(=C\c2ccc(-c3ccc(Br)cc3)o2)C(C(F)(F)F)=NN1c1ccccc1. The van der Waals surface area contributed by atoms with Crippen LogP contribution in [-0.4, -0.2) is 17.8 Å². The summed E-state index contributed by atoms with van der Waals surface area (Å²) in [6.45, 7) is 0. The molecule has 29 heavy (non-hydrogen) atoms.